The van der Waals surface area contributed by atoms with Gasteiger partial charge in [0.1, 0.15) is 6.29 Å². The van der Waals surface area contributed by atoms with Crippen molar-refractivity contribution >= 4 is 6.29 Å². The molecule has 1 atom stereocenters. The third kappa shape index (κ3) is 5.84. The first-order chi connectivity index (χ1) is 5.06. The molecule has 0 bridgehead atoms. The molecule has 0 heterocycles. The van der Waals surface area contributed by atoms with Crippen molar-refractivity contribution in [3.63, 3.8) is 0 Å². The molecule has 64 valence electrons. The molecule has 0 radical (unpaired) electrons. The molecule has 0 aromatic rings. The van der Waals surface area contributed by atoms with Gasteiger partial charge in [-0.1, -0.05) is 26.8 Å². The van der Waals surface area contributed by atoms with Crippen molar-refractivity contribution < 1.29 is 4.79 Å². The summed E-state index contributed by atoms with van der Waals surface area (Å²) in [6, 6.07) is 0. The van der Waals surface area contributed by atoms with E-state index in [9.17, 15) is 4.79 Å². The standard InChI is InChI=1S/C10H18O/c1-8(2)5-9(3)6-10(4)7-11/h6-9H,5H2,1-4H3. The Labute approximate surface area is 69.5 Å². The Hall–Kier alpha value is -0.590. The van der Waals surface area contributed by atoms with Crippen molar-refractivity contribution in [3.05, 3.63) is 11.6 Å². The van der Waals surface area contributed by atoms with Crippen LogP contribution in [-0.4, -0.2) is 6.29 Å². The van der Waals surface area contributed by atoms with Crippen molar-refractivity contribution in [1.82, 2.24) is 0 Å². The molecule has 1 nitrogen and oxygen atoms in total. The van der Waals surface area contributed by atoms with Gasteiger partial charge in [-0.15, -0.1) is 0 Å². The van der Waals surface area contributed by atoms with Gasteiger partial charge in [0.25, 0.3) is 0 Å². The molecule has 0 rings (SSSR count). The van der Waals surface area contributed by atoms with E-state index in [0.717, 1.165) is 18.3 Å². The second kappa shape index (κ2) is 5.11. The van der Waals surface area contributed by atoms with E-state index < -0.39 is 0 Å². The monoisotopic (exact) mass is 154 g/mol. The summed E-state index contributed by atoms with van der Waals surface area (Å²) in [5.41, 5.74) is 0.846. The van der Waals surface area contributed by atoms with Gasteiger partial charge in [-0.25, -0.2) is 0 Å². The average Bonchev–Trinajstić information content (AvgIpc) is 1.85. The van der Waals surface area contributed by atoms with Crippen molar-refractivity contribution in [2.45, 2.75) is 34.1 Å². The number of allylic oxidation sites excluding steroid dienone is 2. The summed E-state index contributed by atoms with van der Waals surface area (Å²) in [7, 11) is 0. The van der Waals surface area contributed by atoms with E-state index >= 15 is 0 Å². The molecular formula is C10H18O. The summed E-state index contributed by atoms with van der Waals surface area (Å²) in [5, 5.41) is 0. The lowest BCUT2D eigenvalue weighted by Crippen LogP contribution is -1.97. The lowest BCUT2D eigenvalue weighted by atomic mass is 9.97. The highest BCUT2D eigenvalue weighted by Crippen LogP contribution is 2.13. The normalized spacial score (nSPS) is 15.2. The molecule has 0 N–H and O–H groups in total. The number of hydrogen-bond acceptors (Lipinski definition) is 1. The molecule has 0 aliphatic carbocycles. The molecule has 1 heteroatoms. The van der Waals surface area contributed by atoms with Crippen LogP contribution in [0.2, 0.25) is 0 Å². The highest BCUT2D eigenvalue weighted by atomic mass is 16.1. The van der Waals surface area contributed by atoms with Gasteiger partial charge < -0.3 is 0 Å². The first kappa shape index (κ1) is 10.4. The van der Waals surface area contributed by atoms with Crippen LogP contribution in [0.5, 0.6) is 0 Å². The van der Waals surface area contributed by atoms with Gasteiger partial charge in [0.05, 0.1) is 0 Å². The minimum absolute atomic E-state index is 0.528. The number of carbonyl (C=O) groups is 1. The lowest BCUT2D eigenvalue weighted by molar-refractivity contribution is -0.104. The predicted molar refractivity (Wildman–Crippen MR) is 48.4 cm³/mol. The molecule has 1 unspecified atom stereocenters. The van der Waals surface area contributed by atoms with Gasteiger partial charge >= 0.3 is 0 Å². The Morgan fingerprint density at radius 2 is 1.91 bits per heavy atom. The molecular weight excluding hydrogens is 136 g/mol. The van der Waals surface area contributed by atoms with Gasteiger partial charge in [0, 0.05) is 0 Å². The second-order valence-electron chi connectivity index (χ2n) is 3.64. The first-order valence-electron chi connectivity index (χ1n) is 4.19. The van der Waals surface area contributed by atoms with Crippen LogP contribution in [0.15, 0.2) is 11.6 Å². The summed E-state index contributed by atoms with van der Waals surface area (Å²) in [6.45, 7) is 8.39. The predicted octanol–water partition coefficient (Wildman–Crippen LogP) is 2.81. The number of aldehydes is 1. The molecule has 0 saturated heterocycles. The van der Waals surface area contributed by atoms with Gasteiger partial charge in [-0.2, -0.15) is 0 Å². The molecule has 0 aromatic heterocycles. The van der Waals surface area contributed by atoms with Gasteiger partial charge in [0.15, 0.2) is 0 Å². The highest BCUT2D eigenvalue weighted by molar-refractivity contribution is 5.72. The van der Waals surface area contributed by atoms with Crippen LogP contribution in [0.25, 0.3) is 0 Å². The summed E-state index contributed by atoms with van der Waals surface area (Å²) >= 11 is 0. The number of rotatable bonds is 4. The maximum Gasteiger partial charge on any atom is 0.145 e. The molecule has 0 aliphatic heterocycles. The summed E-state index contributed by atoms with van der Waals surface area (Å²) in [4.78, 5) is 10.3. The number of hydrogen-bond donors (Lipinski definition) is 0. The Morgan fingerprint density at radius 1 is 1.36 bits per heavy atom. The van der Waals surface area contributed by atoms with E-state index in [1.54, 1.807) is 0 Å². The highest BCUT2D eigenvalue weighted by Gasteiger charge is 2.01. The van der Waals surface area contributed by atoms with Gasteiger partial charge in [-0.05, 0) is 30.8 Å². The number of carbonyl (C=O) groups excluding carboxylic acids is 1. The smallest absolute Gasteiger partial charge is 0.145 e. The summed E-state index contributed by atoms with van der Waals surface area (Å²) in [5.74, 6) is 1.24. The second-order valence-corrected chi connectivity index (χ2v) is 3.64. The maximum atomic E-state index is 10.3. The largest absolute Gasteiger partial charge is 0.298 e. The summed E-state index contributed by atoms with van der Waals surface area (Å²) < 4.78 is 0. The Balaban J connectivity index is 3.85. The van der Waals surface area contributed by atoms with Crippen LogP contribution < -0.4 is 0 Å². The van der Waals surface area contributed by atoms with Crippen LogP contribution >= 0.6 is 0 Å². The van der Waals surface area contributed by atoms with Crippen molar-refractivity contribution in [2.75, 3.05) is 0 Å². The quantitative estimate of drug-likeness (QED) is 0.449. The Bertz CT molecular complexity index is 145. The molecule has 0 saturated carbocycles. The SMILES string of the molecule is CC(C=O)=CC(C)CC(C)C. The van der Waals surface area contributed by atoms with Crippen molar-refractivity contribution in [1.29, 1.82) is 0 Å². The van der Waals surface area contributed by atoms with E-state index in [4.69, 9.17) is 0 Å². The Kier molecular flexibility index (Phi) is 4.84. The summed E-state index contributed by atoms with van der Waals surface area (Å²) in [6.07, 6.45) is 4.11. The van der Waals surface area contributed by atoms with E-state index in [-0.39, 0.29) is 0 Å². The molecule has 0 amide bonds. The van der Waals surface area contributed by atoms with Gasteiger partial charge in [0.2, 0.25) is 0 Å². The third-order valence-electron chi connectivity index (χ3n) is 1.58. The molecule has 11 heavy (non-hydrogen) atoms. The molecule has 0 aliphatic rings. The minimum atomic E-state index is 0.528. The van der Waals surface area contributed by atoms with Crippen LogP contribution in [0.3, 0.4) is 0 Å². The lowest BCUT2D eigenvalue weighted by Gasteiger charge is -2.08. The zero-order chi connectivity index (χ0) is 8.85. The van der Waals surface area contributed by atoms with E-state index in [2.05, 4.69) is 20.8 Å². The molecule has 0 fully saturated rings. The van der Waals surface area contributed by atoms with Crippen molar-refractivity contribution in [2.24, 2.45) is 11.8 Å². The van der Waals surface area contributed by atoms with Crippen molar-refractivity contribution in [3.8, 4) is 0 Å². The minimum Gasteiger partial charge on any atom is -0.298 e. The maximum absolute atomic E-state index is 10.3. The zero-order valence-corrected chi connectivity index (χ0v) is 7.92. The fraction of sp³-hybridized carbons (Fsp3) is 0.700. The first-order valence-corrected chi connectivity index (χ1v) is 4.19. The fourth-order valence-electron chi connectivity index (χ4n) is 1.30. The van der Waals surface area contributed by atoms with E-state index in [1.807, 2.05) is 13.0 Å². The van der Waals surface area contributed by atoms with Crippen LogP contribution in [-0.2, 0) is 4.79 Å². The van der Waals surface area contributed by atoms with Crippen LogP contribution in [0.1, 0.15) is 34.1 Å². The van der Waals surface area contributed by atoms with E-state index in [0.29, 0.717) is 11.8 Å². The third-order valence-corrected chi connectivity index (χ3v) is 1.58. The molecule has 0 spiro atoms. The zero-order valence-electron chi connectivity index (χ0n) is 7.92. The van der Waals surface area contributed by atoms with E-state index in [1.165, 1.54) is 0 Å². The Morgan fingerprint density at radius 3 is 2.27 bits per heavy atom. The average molecular weight is 154 g/mol. The molecule has 0 aromatic carbocycles. The van der Waals surface area contributed by atoms with Crippen LogP contribution in [0.4, 0.5) is 0 Å². The van der Waals surface area contributed by atoms with Crippen LogP contribution in [0, 0.1) is 11.8 Å². The topological polar surface area (TPSA) is 17.1 Å². The van der Waals surface area contributed by atoms with Gasteiger partial charge in [-0.3, -0.25) is 4.79 Å². The fourth-order valence-corrected chi connectivity index (χ4v) is 1.30.